The molecule has 0 radical (unpaired) electrons. The third-order valence-corrected chi connectivity index (χ3v) is 3.54. The number of nitrogens with one attached hydrogen (secondary N) is 1. The predicted molar refractivity (Wildman–Crippen MR) is 79.9 cm³/mol. The van der Waals surface area contributed by atoms with Crippen molar-refractivity contribution in [2.75, 3.05) is 19.7 Å². The zero-order chi connectivity index (χ0) is 13.9. The number of hydrogen-bond acceptors (Lipinski definition) is 3. The van der Waals surface area contributed by atoms with Crippen LogP contribution in [0.4, 0.5) is 0 Å². The Hall–Kier alpha value is -1.06. The van der Waals surface area contributed by atoms with E-state index in [4.69, 9.17) is 16.3 Å². The number of amidine groups is 1. The lowest BCUT2D eigenvalue weighted by Gasteiger charge is -2.32. The summed E-state index contributed by atoms with van der Waals surface area (Å²) in [5, 5.41) is 4.10. The van der Waals surface area contributed by atoms with Gasteiger partial charge in [0.15, 0.2) is 0 Å². The predicted octanol–water partition coefficient (Wildman–Crippen LogP) is 3.45. The van der Waals surface area contributed by atoms with E-state index in [-0.39, 0.29) is 11.5 Å². The molecule has 1 aliphatic rings. The van der Waals surface area contributed by atoms with Gasteiger partial charge in [0.05, 0.1) is 0 Å². The molecule has 0 saturated carbocycles. The number of rotatable bonds is 4. The van der Waals surface area contributed by atoms with Crippen molar-refractivity contribution in [3.05, 3.63) is 34.9 Å². The quantitative estimate of drug-likeness (QED) is 0.916. The first-order valence-corrected chi connectivity index (χ1v) is 7.05. The first kappa shape index (κ1) is 14.4. The van der Waals surface area contributed by atoms with E-state index in [1.165, 1.54) is 0 Å². The fourth-order valence-electron chi connectivity index (χ4n) is 2.09. The van der Waals surface area contributed by atoms with Crippen LogP contribution in [0.2, 0.25) is 5.02 Å². The molecule has 0 fully saturated rings. The maximum Gasteiger partial charge on any atom is 0.141 e. The minimum atomic E-state index is -0.199. The van der Waals surface area contributed by atoms with Gasteiger partial charge in [-0.1, -0.05) is 43.6 Å². The van der Waals surface area contributed by atoms with Crippen LogP contribution in [0.5, 0.6) is 0 Å². The van der Waals surface area contributed by atoms with Crippen molar-refractivity contribution < 1.29 is 4.74 Å². The molecule has 0 saturated heterocycles. The summed E-state index contributed by atoms with van der Waals surface area (Å²) in [6, 6.07) is 7.78. The summed E-state index contributed by atoms with van der Waals surface area (Å²) in [4.78, 5) is 4.64. The van der Waals surface area contributed by atoms with Crippen molar-refractivity contribution in [1.82, 2.24) is 5.32 Å². The summed E-state index contributed by atoms with van der Waals surface area (Å²) < 4.78 is 5.84. The Labute approximate surface area is 120 Å². The van der Waals surface area contributed by atoms with Gasteiger partial charge in [-0.25, -0.2) is 0 Å². The van der Waals surface area contributed by atoms with E-state index in [2.05, 4.69) is 24.2 Å². The Balaban J connectivity index is 2.27. The zero-order valence-corrected chi connectivity index (χ0v) is 12.5. The number of nitrogens with zero attached hydrogens (tertiary/aromatic N) is 1. The fraction of sp³-hybridized carbons (Fsp3) is 0.533. The molecular formula is C15H21ClN2O. The first-order valence-electron chi connectivity index (χ1n) is 6.68. The van der Waals surface area contributed by atoms with Gasteiger partial charge < -0.3 is 10.1 Å². The standard InChI is InChI=1S/C15H21ClN2O/c1-4-19-13(11-7-5-6-8-12(11)16)14-17-9-15(2,3)10-18-14/h5-8,13H,4,9-10H2,1-3H3,(H,17,18). The minimum absolute atomic E-state index is 0.195. The number of benzene rings is 1. The average molecular weight is 281 g/mol. The van der Waals surface area contributed by atoms with Crippen LogP contribution in [0.1, 0.15) is 32.4 Å². The molecular weight excluding hydrogens is 260 g/mol. The third-order valence-electron chi connectivity index (χ3n) is 3.19. The highest BCUT2D eigenvalue weighted by molar-refractivity contribution is 6.31. The topological polar surface area (TPSA) is 33.6 Å². The van der Waals surface area contributed by atoms with Crippen molar-refractivity contribution in [3.63, 3.8) is 0 Å². The lowest BCUT2D eigenvalue weighted by molar-refractivity contribution is 0.105. The van der Waals surface area contributed by atoms with Gasteiger partial charge in [-0.3, -0.25) is 4.99 Å². The van der Waals surface area contributed by atoms with E-state index in [1.54, 1.807) is 0 Å². The van der Waals surface area contributed by atoms with E-state index in [0.717, 1.165) is 29.5 Å². The molecule has 1 aromatic rings. The molecule has 1 heterocycles. The van der Waals surface area contributed by atoms with Crippen LogP contribution in [0.25, 0.3) is 0 Å². The van der Waals surface area contributed by atoms with E-state index in [0.29, 0.717) is 6.61 Å². The Bertz CT molecular complexity index is 471. The highest BCUT2D eigenvalue weighted by atomic mass is 35.5. The summed E-state index contributed by atoms with van der Waals surface area (Å²) >= 11 is 6.27. The lowest BCUT2D eigenvalue weighted by Crippen LogP contribution is -2.43. The highest BCUT2D eigenvalue weighted by Crippen LogP contribution is 2.28. The summed E-state index contributed by atoms with van der Waals surface area (Å²) in [6.45, 7) is 8.72. The van der Waals surface area contributed by atoms with Crippen LogP contribution in [-0.4, -0.2) is 25.5 Å². The lowest BCUT2D eigenvalue weighted by atomic mass is 9.92. The van der Waals surface area contributed by atoms with Crippen molar-refractivity contribution >= 4 is 17.4 Å². The first-order chi connectivity index (χ1) is 9.03. The molecule has 1 N–H and O–H groups in total. The number of ether oxygens (including phenoxy) is 1. The van der Waals surface area contributed by atoms with Gasteiger partial charge in [0.1, 0.15) is 11.9 Å². The van der Waals surface area contributed by atoms with E-state index < -0.39 is 0 Å². The molecule has 2 rings (SSSR count). The summed E-state index contributed by atoms with van der Waals surface area (Å²) in [7, 11) is 0. The Kier molecular flexibility index (Phi) is 4.48. The van der Waals surface area contributed by atoms with Gasteiger partial charge in [-0.05, 0) is 13.0 Å². The maximum absolute atomic E-state index is 6.27. The van der Waals surface area contributed by atoms with Gasteiger partial charge in [0.25, 0.3) is 0 Å². The Morgan fingerprint density at radius 2 is 2.16 bits per heavy atom. The van der Waals surface area contributed by atoms with Crippen molar-refractivity contribution in [1.29, 1.82) is 0 Å². The Morgan fingerprint density at radius 1 is 1.42 bits per heavy atom. The van der Waals surface area contributed by atoms with Crippen LogP contribution in [0, 0.1) is 5.41 Å². The zero-order valence-electron chi connectivity index (χ0n) is 11.7. The smallest absolute Gasteiger partial charge is 0.141 e. The van der Waals surface area contributed by atoms with Crippen molar-refractivity contribution in [3.8, 4) is 0 Å². The largest absolute Gasteiger partial charge is 0.371 e. The van der Waals surface area contributed by atoms with Gasteiger partial charge in [0, 0.05) is 35.7 Å². The fourth-order valence-corrected chi connectivity index (χ4v) is 2.32. The van der Waals surface area contributed by atoms with Crippen LogP contribution < -0.4 is 5.32 Å². The normalized spacial score (nSPS) is 19.5. The molecule has 0 spiro atoms. The summed E-state index contributed by atoms with van der Waals surface area (Å²) in [6.07, 6.45) is -0.199. The van der Waals surface area contributed by atoms with Gasteiger partial charge >= 0.3 is 0 Å². The van der Waals surface area contributed by atoms with Crippen LogP contribution >= 0.6 is 11.6 Å². The van der Waals surface area contributed by atoms with Crippen LogP contribution in [-0.2, 0) is 4.74 Å². The molecule has 1 atom stereocenters. The SMILES string of the molecule is CCOC(C1=NCC(C)(C)CN1)c1ccccc1Cl. The minimum Gasteiger partial charge on any atom is -0.371 e. The third kappa shape index (κ3) is 3.48. The van der Waals surface area contributed by atoms with Gasteiger partial charge in [-0.2, -0.15) is 0 Å². The second-order valence-electron chi connectivity index (χ2n) is 5.58. The van der Waals surface area contributed by atoms with E-state index >= 15 is 0 Å². The average Bonchev–Trinajstić information content (AvgIpc) is 2.38. The molecule has 1 aliphatic heterocycles. The molecule has 3 nitrogen and oxygen atoms in total. The summed E-state index contributed by atoms with van der Waals surface area (Å²) in [5.41, 5.74) is 1.16. The monoisotopic (exact) mass is 280 g/mol. The molecule has 1 aromatic carbocycles. The van der Waals surface area contributed by atoms with Crippen molar-refractivity contribution in [2.24, 2.45) is 10.4 Å². The molecule has 1 unspecified atom stereocenters. The van der Waals surface area contributed by atoms with E-state index in [1.807, 2.05) is 31.2 Å². The van der Waals surface area contributed by atoms with Crippen LogP contribution in [0.15, 0.2) is 29.3 Å². The van der Waals surface area contributed by atoms with Crippen LogP contribution in [0.3, 0.4) is 0 Å². The van der Waals surface area contributed by atoms with Crippen molar-refractivity contribution in [2.45, 2.75) is 26.9 Å². The highest BCUT2D eigenvalue weighted by Gasteiger charge is 2.28. The number of hydrogen-bond donors (Lipinski definition) is 1. The van der Waals surface area contributed by atoms with Gasteiger partial charge in [0.2, 0.25) is 0 Å². The van der Waals surface area contributed by atoms with E-state index in [9.17, 15) is 0 Å². The molecule has 0 aromatic heterocycles. The molecule has 4 heteroatoms. The molecule has 0 amide bonds. The number of aliphatic imine (C=N–C) groups is 1. The maximum atomic E-state index is 6.27. The molecule has 19 heavy (non-hydrogen) atoms. The molecule has 0 aliphatic carbocycles. The number of halogens is 1. The second-order valence-corrected chi connectivity index (χ2v) is 5.98. The molecule has 0 bridgehead atoms. The summed E-state index contributed by atoms with van der Waals surface area (Å²) in [5.74, 6) is 0.884. The second kappa shape index (κ2) is 5.93. The Morgan fingerprint density at radius 3 is 2.74 bits per heavy atom. The van der Waals surface area contributed by atoms with Gasteiger partial charge in [-0.15, -0.1) is 0 Å². The molecule has 104 valence electrons.